The van der Waals surface area contributed by atoms with Crippen LogP contribution in [-0.2, 0) is 30.4 Å². The van der Waals surface area contributed by atoms with Crippen LogP contribution in [-0.4, -0.2) is 86.8 Å². The first-order chi connectivity index (χ1) is 22.2. The highest BCUT2D eigenvalue weighted by Crippen LogP contribution is 2.67. The lowest BCUT2D eigenvalue weighted by molar-refractivity contribution is -0.385. The van der Waals surface area contributed by atoms with Crippen LogP contribution in [0.3, 0.4) is 0 Å². The van der Waals surface area contributed by atoms with Crippen molar-refractivity contribution in [2.24, 2.45) is 33.7 Å². The summed E-state index contributed by atoms with van der Waals surface area (Å²) in [7, 11) is 1.15. The highest BCUT2D eigenvalue weighted by molar-refractivity contribution is 5.96. The highest BCUT2D eigenvalue weighted by Gasteiger charge is 2.68. The maximum atomic E-state index is 12.7. The van der Waals surface area contributed by atoms with Gasteiger partial charge >= 0.3 is 11.7 Å². The molecular weight excluding hydrogens is 614 g/mol. The minimum absolute atomic E-state index is 0.0460. The van der Waals surface area contributed by atoms with Crippen LogP contribution in [0.2, 0.25) is 0 Å². The Morgan fingerprint density at radius 3 is 2.62 bits per heavy atom. The lowest BCUT2D eigenvalue weighted by atomic mass is 9.45. The number of carbonyl (C=O) groups excluding carboxylic acids is 3. The van der Waals surface area contributed by atoms with Gasteiger partial charge in [-0.2, -0.15) is 0 Å². The second-order valence-electron chi connectivity index (χ2n) is 13.9. The maximum absolute atomic E-state index is 12.7. The van der Waals surface area contributed by atoms with Gasteiger partial charge in [0.25, 0.3) is 5.91 Å². The van der Waals surface area contributed by atoms with Gasteiger partial charge in [-0.1, -0.05) is 30.6 Å². The fourth-order valence-electron chi connectivity index (χ4n) is 9.19. The quantitative estimate of drug-likeness (QED) is 0.139. The van der Waals surface area contributed by atoms with Crippen molar-refractivity contribution in [2.75, 3.05) is 20.3 Å². The number of amides is 1. The summed E-state index contributed by atoms with van der Waals surface area (Å²) < 4.78 is 4.78. The van der Waals surface area contributed by atoms with Gasteiger partial charge in [-0.25, -0.2) is 4.79 Å². The number of nitrogens with zero attached hydrogens (tertiary/aromatic N) is 2. The zero-order chi connectivity index (χ0) is 34.3. The molecule has 0 aliphatic heterocycles. The molecule has 0 spiro atoms. The standard InChI is InChI=1S/C33H43N3O11/c1-31-10-8-20(35-47-17-28(41)34-23(30(42)46-3)12-18-4-7-25(38)24(13-18)36(44)45)14-19(31)5-6-21-22-9-11-33(43,27(40)16-37)32(22,2)15-26(39)29(21)31/h4,7,13-14,21-23,26,29,37-39,43H,5-6,8-12,15-17H2,1-3H3,(H,34,41)/b35-20+/t21-,22+,23+,26-,29+,31+,32+,33+/m1/s1. The second kappa shape index (κ2) is 13.0. The fraction of sp³-hybridized carbons (Fsp3) is 0.636. The molecule has 3 saturated carbocycles. The number of fused-ring (bicyclic) bond motifs is 5. The fourth-order valence-corrected chi connectivity index (χ4v) is 9.19. The largest absolute Gasteiger partial charge is 0.502 e. The summed E-state index contributed by atoms with van der Waals surface area (Å²) >= 11 is 0. The number of Topliss-reactive ketones (excluding diaryl/α,β-unsaturated/α-hetero) is 1. The molecule has 3 fully saturated rings. The van der Waals surface area contributed by atoms with Gasteiger partial charge in [0.15, 0.2) is 18.1 Å². The van der Waals surface area contributed by atoms with Crippen LogP contribution in [0, 0.1) is 38.7 Å². The Morgan fingerprint density at radius 2 is 1.94 bits per heavy atom. The molecule has 47 heavy (non-hydrogen) atoms. The normalized spacial score (nSPS) is 34.3. The first-order valence-corrected chi connectivity index (χ1v) is 16.0. The third-order valence-corrected chi connectivity index (χ3v) is 11.5. The predicted octanol–water partition coefficient (Wildman–Crippen LogP) is 2.10. The number of aliphatic hydroxyl groups excluding tert-OH is 2. The molecule has 0 unspecified atom stereocenters. The Bertz CT molecular complexity index is 1510. The number of ketones is 1. The van der Waals surface area contributed by atoms with Crippen LogP contribution >= 0.6 is 0 Å². The predicted molar refractivity (Wildman–Crippen MR) is 166 cm³/mol. The maximum Gasteiger partial charge on any atom is 0.328 e. The summed E-state index contributed by atoms with van der Waals surface area (Å²) in [5.41, 5.74) is -1.20. The number of allylic oxidation sites excluding steroid dienone is 2. The van der Waals surface area contributed by atoms with E-state index in [1.807, 2.05) is 13.0 Å². The molecular formula is C33H43N3O11. The monoisotopic (exact) mass is 657 g/mol. The number of hydrogen-bond donors (Lipinski definition) is 5. The van der Waals surface area contributed by atoms with Crippen molar-refractivity contribution in [1.82, 2.24) is 5.32 Å². The molecule has 0 heterocycles. The molecule has 8 atom stereocenters. The molecule has 0 aromatic heterocycles. The molecule has 1 aromatic rings. The number of nitro benzene ring substituents is 1. The van der Waals surface area contributed by atoms with E-state index in [9.17, 15) is 44.9 Å². The zero-order valence-corrected chi connectivity index (χ0v) is 26.8. The summed E-state index contributed by atoms with van der Waals surface area (Å²) in [6, 6.07) is 2.50. The number of ether oxygens (including phenoxy) is 1. The highest BCUT2D eigenvalue weighted by atomic mass is 16.6. The number of nitrogens with one attached hydrogen (secondary N) is 1. The Balaban J connectivity index is 1.23. The van der Waals surface area contributed by atoms with E-state index in [2.05, 4.69) is 17.4 Å². The Hall–Kier alpha value is -3.88. The number of carbonyl (C=O) groups is 3. The van der Waals surface area contributed by atoms with Gasteiger partial charge in [-0.15, -0.1) is 0 Å². The summed E-state index contributed by atoms with van der Waals surface area (Å²) in [4.78, 5) is 53.4. The van der Waals surface area contributed by atoms with E-state index in [4.69, 9.17) is 9.57 Å². The first kappa shape index (κ1) is 34.5. The Morgan fingerprint density at radius 1 is 1.19 bits per heavy atom. The molecule has 0 saturated heterocycles. The molecule has 5 N–H and O–H groups in total. The molecule has 256 valence electrons. The Labute approximate surface area is 272 Å². The van der Waals surface area contributed by atoms with E-state index >= 15 is 0 Å². The Kier molecular flexibility index (Phi) is 9.50. The number of aliphatic hydroxyl groups is 3. The van der Waals surface area contributed by atoms with Gasteiger partial charge in [0.05, 0.1) is 23.8 Å². The molecule has 0 radical (unpaired) electrons. The number of hydrogen-bond acceptors (Lipinski definition) is 12. The SMILES string of the molecule is COC(=O)[C@H](Cc1ccc(O)c([N+](=O)[O-])c1)NC(=O)CO/N=C1/C=C2CC[C@H]3[C@@H]([C@H](O)C[C@@]4(C)[C@H]3CC[C@]4(O)C(=O)CO)[C@@]2(C)CC1. The van der Waals surface area contributed by atoms with E-state index in [0.29, 0.717) is 30.5 Å². The smallest absolute Gasteiger partial charge is 0.328 e. The second-order valence-corrected chi connectivity index (χ2v) is 13.9. The zero-order valence-electron chi connectivity index (χ0n) is 26.8. The van der Waals surface area contributed by atoms with E-state index in [1.165, 1.54) is 6.07 Å². The topological polar surface area (TPSA) is 218 Å². The minimum Gasteiger partial charge on any atom is -0.502 e. The number of phenols is 1. The lowest BCUT2D eigenvalue weighted by Crippen LogP contribution is -2.62. The number of aromatic hydroxyl groups is 1. The molecule has 4 aliphatic rings. The molecule has 14 nitrogen and oxygen atoms in total. The summed E-state index contributed by atoms with van der Waals surface area (Å²) in [5.74, 6) is -2.42. The minimum atomic E-state index is -1.64. The van der Waals surface area contributed by atoms with Gasteiger partial charge in [0.2, 0.25) is 0 Å². The third-order valence-electron chi connectivity index (χ3n) is 11.5. The number of rotatable bonds is 10. The van der Waals surface area contributed by atoms with Gasteiger partial charge in [0.1, 0.15) is 18.2 Å². The van der Waals surface area contributed by atoms with Crippen molar-refractivity contribution >= 4 is 29.1 Å². The van der Waals surface area contributed by atoms with Gasteiger partial charge in [0, 0.05) is 17.9 Å². The van der Waals surface area contributed by atoms with Crippen molar-refractivity contribution in [3.05, 3.63) is 45.5 Å². The number of oxime groups is 1. The van der Waals surface area contributed by atoms with E-state index in [0.717, 1.165) is 37.7 Å². The third kappa shape index (κ3) is 6.02. The number of phenolic OH excluding ortho intramolecular Hbond substituents is 1. The molecule has 14 heteroatoms. The van der Waals surface area contributed by atoms with Crippen LogP contribution in [0.15, 0.2) is 35.0 Å². The molecule has 1 aromatic carbocycles. The van der Waals surface area contributed by atoms with Crippen LogP contribution < -0.4 is 5.32 Å². The van der Waals surface area contributed by atoms with Gasteiger partial charge < -0.3 is 35.3 Å². The molecule has 5 rings (SSSR count). The van der Waals surface area contributed by atoms with E-state index in [-0.39, 0.29) is 42.4 Å². The van der Waals surface area contributed by atoms with Crippen molar-refractivity contribution in [3.63, 3.8) is 0 Å². The summed E-state index contributed by atoms with van der Waals surface area (Å²) in [6.45, 7) is 2.82. The van der Waals surface area contributed by atoms with E-state index < -0.39 is 70.4 Å². The van der Waals surface area contributed by atoms with Crippen LogP contribution in [0.5, 0.6) is 5.75 Å². The lowest BCUT2D eigenvalue weighted by Gasteiger charge is -2.60. The first-order valence-electron chi connectivity index (χ1n) is 16.0. The average Bonchev–Trinajstić information content (AvgIpc) is 3.30. The van der Waals surface area contributed by atoms with Crippen LogP contribution in [0.1, 0.15) is 64.4 Å². The number of nitro groups is 1. The van der Waals surface area contributed by atoms with Crippen molar-refractivity contribution in [2.45, 2.75) is 83.0 Å². The molecule has 4 aliphatic carbocycles. The molecule has 1 amide bonds. The van der Waals surface area contributed by atoms with Crippen molar-refractivity contribution in [3.8, 4) is 5.75 Å². The van der Waals surface area contributed by atoms with E-state index in [1.54, 1.807) is 0 Å². The number of benzene rings is 1. The number of methoxy groups -OCH3 is 1. The summed E-state index contributed by atoms with van der Waals surface area (Å²) in [5, 5.41) is 60.1. The molecule has 0 bridgehead atoms. The van der Waals surface area contributed by atoms with Crippen LogP contribution in [0.25, 0.3) is 0 Å². The average molecular weight is 658 g/mol. The van der Waals surface area contributed by atoms with Crippen molar-refractivity contribution < 1.29 is 49.3 Å². The van der Waals surface area contributed by atoms with Crippen molar-refractivity contribution in [1.29, 1.82) is 0 Å². The number of esters is 1. The van der Waals surface area contributed by atoms with Gasteiger partial charge in [-0.3, -0.25) is 19.7 Å². The summed E-state index contributed by atoms with van der Waals surface area (Å²) in [6.07, 6.45) is 5.09. The van der Waals surface area contributed by atoms with Crippen LogP contribution in [0.4, 0.5) is 5.69 Å². The van der Waals surface area contributed by atoms with Gasteiger partial charge in [-0.05, 0) is 85.8 Å².